The summed E-state index contributed by atoms with van der Waals surface area (Å²) in [6.45, 7) is 5.79. The van der Waals surface area contributed by atoms with Crippen LogP contribution in [0.1, 0.15) is 111 Å². The fraction of sp³-hybridized carbons (Fsp3) is 0.281. The molecule has 9 aromatic rings. The third-order valence-electron chi connectivity index (χ3n) is 15.0. The summed E-state index contributed by atoms with van der Waals surface area (Å²) in [5.41, 5.74) is 15.1. The number of fused-ring (bicyclic) bond motifs is 16. The molecule has 10 bridgehead atoms. The number of phenolic OH excluding ortho intramolecular Hbond substituents is 1. The molecule has 10 heterocycles. The van der Waals surface area contributed by atoms with E-state index in [-0.39, 0.29) is 57.4 Å². The maximum absolute atomic E-state index is 15.2. The summed E-state index contributed by atoms with van der Waals surface area (Å²) < 4.78 is 0. The van der Waals surface area contributed by atoms with Crippen LogP contribution in [0.4, 0.5) is 5.69 Å². The van der Waals surface area contributed by atoms with Gasteiger partial charge >= 0.3 is 0 Å². The van der Waals surface area contributed by atoms with Crippen LogP contribution in [0.15, 0.2) is 87.6 Å². The molecule has 12 rings (SSSR count). The van der Waals surface area contributed by atoms with Crippen molar-refractivity contribution < 1.29 is 44.1 Å². The van der Waals surface area contributed by atoms with E-state index in [2.05, 4.69) is 31.2 Å². The highest BCUT2D eigenvalue weighted by Gasteiger charge is 2.46. The first-order chi connectivity index (χ1) is 41.9. The molecule has 0 radical (unpaired) electrons. The topological polar surface area (TPSA) is 360 Å². The van der Waals surface area contributed by atoms with Gasteiger partial charge in [-0.05, 0) is 42.3 Å². The van der Waals surface area contributed by atoms with Gasteiger partial charge in [-0.15, -0.1) is 68.0 Å². The Morgan fingerprint density at radius 1 is 0.701 bits per heavy atom. The summed E-state index contributed by atoms with van der Waals surface area (Å²) in [4.78, 5) is 122. The number of phenols is 1. The van der Waals surface area contributed by atoms with Crippen LogP contribution in [-0.2, 0) is 16.0 Å². The Balaban J connectivity index is 0.955. The second-order valence-corrected chi connectivity index (χ2v) is 26.4. The number of nitrogens with one attached hydrogen (secondary N) is 4. The standard InChI is InChI=1S/C57H53N15O9S6/c1-25-40(74)19-72-45(25)55-67-37(23-86-55)52-64-34(20-83-52)43-29(9-10-31(61-43)51-68-38(24-84-51)56(80)71-14-12-60-13-15-71)50-65-35(21-82-50)47(77)62-32(18-41(59)75)53-70-42(26(2)87-53)49(79)69-44(46(76)28-6-4-3-5-7-28)54-66-36(22-85-54)48(78)63-33(57(72)81)17-27-8-11-39(73)30(58)16-27/h3-11,16,20-25,32-33,40,44-46,60,73-74,76H,12-15,17-19,58H2,1-2H3,(H2,59,75)(H,62,77)(H,63,78)(H,69,79)/t25-,32-,33-,40-,44-,45-,46+/m0/s1. The quantitative estimate of drug-likeness (QED) is 0.0630. The van der Waals surface area contributed by atoms with Gasteiger partial charge in [-0.2, -0.15) is 0 Å². The van der Waals surface area contributed by atoms with Crippen LogP contribution >= 0.6 is 68.0 Å². The summed E-state index contributed by atoms with van der Waals surface area (Å²) in [5, 5.41) is 56.2. The Bertz CT molecular complexity index is 4120. The van der Waals surface area contributed by atoms with Crippen molar-refractivity contribution in [3.63, 3.8) is 0 Å². The summed E-state index contributed by atoms with van der Waals surface area (Å²) in [6.07, 6.45) is -2.91. The fourth-order valence-corrected chi connectivity index (χ4v) is 15.7. The number of carbonyl (C=O) groups excluding carboxylic acids is 6. The molecule has 24 nitrogen and oxygen atoms in total. The molecule has 30 heteroatoms. The van der Waals surface area contributed by atoms with Crippen molar-refractivity contribution in [2.24, 2.45) is 11.7 Å². The van der Waals surface area contributed by atoms with E-state index in [1.54, 1.807) is 71.1 Å². The summed E-state index contributed by atoms with van der Waals surface area (Å²) in [7, 11) is 0. The first-order valence-electron chi connectivity index (χ1n) is 27.2. The van der Waals surface area contributed by atoms with Gasteiger partial charge in [0.05, 0.1) is 36.0 Å². The molecule has 2 aromatic carbocycles. The molecule has 7 aromatic heterocycles. The number of aliphatic hydroxyl groups is 2. The number of nitrogen functional groups attached to an aromatic ring is 1. The predicted octanol–water partition coefficient (Wildman–Crippen LogP) is 5.92. The lowest BCUT2D eigenvalue weighted by Crippen LogP contribution is -2.50. The van der Waals surface area contributed by atoms with E-state index in [1.165, 1.54) is 56.4 Å². The second-order valence-electron chi connectivity index (χ2n) is 20.8. The first kappa shape index (κ1) is 59.0. The van der Waals surface area contributed by atoms with Crippen molar-refractivity contribution in [2.45, 2.75) is 63.1 Å². The number of primary amides is 1. The molecule has 446 valence electrons. The van der Waals surface area contributed by atoms with E-state index in [0.717, 1.165) is 34.0 Å². The van der Waals surface area contributed by atoms with Crippen molar-refractivity contribution in [1.29, 1.82) is 0 Å². The highest BCUT2D eigenvalue weighted by Crippen LogP contribution is 2.43. The number of amides is 6. The number of aromatic hydroxyl groups is 1. The molecule has 6 amide bonds. The van der Waals surface area contributed by atoms with E-state index in [1.807, 2.05) is 17.7 Å². The lowest BCUT2D eigenvalue weighted by molar-refractivity contribution is -0.134. The number of benzene rings is 2. The van der Waals surface area contributed by atoms with Crippen LogP contribution < -0.4 is 32.7 Å². The van der Waals surface area contributed by atoms with Gasteiger partial charge in [-0.1, -0.05) is 43.3 Å². The lowest BCUT2D eigenvalue weighted by Gasteiger charge is -2.29. The summed E-state index contributed by atoms with van der Waals surface area (Å²) in [6, 6.07) is 12.1. The molecule has 3 aliphatic rings. The summed E-state index contributed by atoms with van der Waals surface area (Å²) >= 11 is 7.01. The van der Waals surface area contributed by atoms with Crippen LogP contribution in [-0.4, -0.2) is 140 Å². The number of aromatic nitrogens is 7. The smallest absolute Gasteiger partial charge is 0.273 e. The van der Waals surface area contributed by atoms with E-state index >= 15 is 4.79 Å². The molecular formula is C57H53N15O9S6. The van der Waals surface area contributed by atoms with Crippen LogP contribution in [0, 0.1) is 12.8 Å². The van der Waals surface area contributed by atoms with Crippen LogP contribution in [0.2, 0.25) is 0 Å². The SMILES string of the molecule is Cc1sc2nc1C(=O)N[C@@H]([C@H](O)c1ccccc1)c1nc(cs1)C(=O)N[C@@H](Cc1ccc(O)c(N)c1)C(=O)N1C[C@H](O)[C@H](C)[C@H]1c1nc(cs1)-c1nc(cs1)-c1nc(-c3nc(C(=O)N4CCNCC4)cs3)ccc1-c1nc(cs1)C(=O)N[C@H]2CC(N)=O. The van der Waals surface area contributed by atoms with E-state index in [9.17, 15) is 39.3 Å². The minimum Gasteiger partial charge on any atom is -0.506 e. The third kappa shape index (κ3) is 12.2. The number of rotatable bonds is 8. The molecule has 2 fully saturated rings. The van der Waals surface area contributed by atoms with Gasteiger partial charge in [0.15, 0.2) is 0 Å². The highest BCUT2D eigenvalue weighted by molar-refractivity contribution is 7.15. The number of pyridine rings is 1. The fourth-order valence-electron chi connectivity index (χ4n) is 10.4. The predicted molar refractivity (Wildman–Crippen MR) is 329 cm³/mol. The Kier molecular flexibility index (Phi) is 16.8. The molecule has 3 aliphatic heterocycles. The average Bonchev–Trinajstić information content (AvgIpc) is 2.28. The molecule has 7 atom stereocenters. The Morgan fingerprint density at radius 3 is 2.14 bits per heavy atom. The third-order valence-corrected chi connectivity index (χ3v) is 20.5. The summed E-state index contributed by atoms with van der Waals surface area (Å²) in [5.74, 6) is -4.41. The molecule has 11 N–H and O–H groups in total. The number of aliphatic hydroxyl groups excluding tert-OH is 2. The Hall–Kier alpha value is -8.33. The molecule has 0 spiro atoms. The maximum atomic E-state index is 15.2. The Labute approximate surface area is 519 Å². The van der Waals surface area contributed by atoms with Gasteiger partial charge in [0.25, 0.3) is 23.6 Å². The van der Waals surface area contributed by atoms with Crippen molar-refractivity contribution in [3.8, 4) is 49.1 Å². The van der Waals surface area contributed by atoms with E-state index in [4.69, 9.17) is 36.4 Å². The van der Waals surface area contributed by atoms with Crippen molar-refractivity contribution >= 4 is 109 Å². The van der Waals surface area contributed by atoms with Crippen LogP contribution in [0.3, 0.4) is 0 Å². The number of nitrogens with zero attached hydrogens (tertiary/aromatic N) is 9. The number of piperazine rings is 1. The normalized spacial score (nSPS) is 20.5. The first-order valence-corrected chi connectivity index (χ1v) is 32.4. The molecule has 0 unspecified atom stereocenters. The molecule has 87 heavy (non-hydrogen) atoms. The number of hydrogen-bond donors (Lipinski definition) is 9. The van der Waals surface area contributed by atoms with Gasteiger partial charge in [0, 0.05) is 82.4 Å². The van der Waals surface area contributed by atoms with E-state index in [0.29, 0.717) is 96.2 Å². The zero-order valence-corrected chi connectivity index (χ0v) is 51.0. The maximum Gasteiger partial charge on any atom is 0.273 e. The van der Waals surface area contributed by atoms with Gasteiger partial charge in [0.2, 0.25) is 11.8 Å². The highest BCUT2D eigenvalue weighted by atomic mass is 32.1. The molecule has 0 aliphatic carbocycles. The molecule has 2 saturated heterocycles. The molecule has 0 saturated carbocycles. The van der Waals surface area contributed by atoms with Crippen molar-refractivity contribution in [3.05, 3.63) is 141 Å². The van der Waals surface area contributed by atoms with Crippen molar-refractivity contribution in [2.75, 3.05) is 38.5 Å². The zero-order valence-electron chi connectivity index (χ0n) is 46.1. The lowest BCUT2D eigenvalue weighted by atomic mass is 10.00. The van der Waals surface area contributed by atoms with Gasteiger partial charge in [0.1, 0.15) is 93.8 Å². The monoisotopic (exact) mass is 1280 g/mol. The van der Waals surface area contributed by atoms with Gasteiger partial charge in [-0.25, -0.2) is 34.9 Å². The number of thiazole rings is 6. The minimum atomic E-state index is -1.42. The number of nitrogens with two attached hydrogens (primary N) is 2. The average molecular weight is 1280 g/mol. The van der Waals surface area contributed by atoms with Crippen LogP contribution in [0.5, 0.6) is 5.75 Å². The number of anilines is 1. The van der Waals surface area contributed by atoms with Crippen LogP contribution in [0.25, 0.3) is 43.4 Å². The number of aryl methyl sites for hydroxylation is 1. The number of hydrogen-bond acceptors (Lipinski definition) is 24. The van der Waals surface area contributed by atoms with Gasteiger partial charge < -0.3 is 57.9 Å². The minimum absolute atomic E-state index is 0.0101. The Morgan fingerprint density at radius 2 is 1.37 bits per heavy atom. The second kappa shape index (κ2) is 24.8. The largest absolute Gasteiger partial charge is 0.506 e. The molecular weight excluding hydrogens is 1230 g/mol. The van der Waals surface area contributed by atoms with E-state index < -0.39 is 78.2 Å². The van der Waals surface area contributed by atoms with Crippen molar-refractivity contribution in [1.82, 2.24) is 66.0 Å². The number of carbonyl (C=O) groups is 6. The van der Waals surface area contributed by atoms with Gasteiger partial charge in [-0.3, -0.25) is 28.8 Å². The zero-order chi connectivity index (χ0) is 60.8.